The predicted octanol–water partition coefficient (Wildman–Crippen LogP) is 3.97. The Labute approximate surface area is 185 Å². The molecule has 0 aliphatic heterocycles. The standard InChI is InChI=1S/C20H20BrNO7S/c1-4-27-19(25)15-11(3)16(20(26)28-5-2)30-17(15)22-14(23)10-29-18(24)12-8-6-7-9-13(12)21/h6-9H,4-5,10H2,1-3H3,(H,22,23). The van der Waals surface area contributed by atoms with Crippen molar-refractivity contribution in [3.8, 4) is 0 Å². The van der Waals surface area contributed by atoms with Crippen LogP contribution >= 0.6 is 27.3 Å². The molecule has 0 unspecified atom stereocenters. The number of ether oxygens (including phenoxy) is 3. The van der Waals surface area contributed by atoms with Crippen LogP contribution in [0.15, 0.2) is 28.7 Å². The fourth-order valence-electron chi connectivity index (χ4n) is 2.44. The highest BCUT2D eigenvalue weighted by atomic mass is 79.9. The SMILES string of the molecule is CCOC(=O)c1sc(NC(=O)COC(=O)c2ccccc2Br)c(C(=O)OCC)c1C. The van der Waals surface area contributed by atoms with Crippen LogP contribution in [0, 0.1) is 6.92 Å². The minimum atomic E-state index is -0.683. The number of rotatable bonds is 8. The van der Waals surface area contributed by atoms with Crippen molar-refractivity contribution < 1.29 is 33.4 Å². The molecule has 8 nitrogen and oxygen atoms in total. The summed E-state index contributed by atoms with van der Waals surface area (Å²) in [6.45, 7) is 4.59. The fraction of sp³-hybridized carbons (Fsp3) is 0.300. The molecular weight excluding hydrogens is 478 g/mol. The van der Waals surface area contributed by atoms with Gasteiger partial charge in [0.15, 0.2) is 6.61 Å². The van der Waals surface area contributed by atoms with Crippen LogP contribution in [0.2, 0.25) is 0 Å². The first-order chi connectivity index (χ1) is 14.3. The molecule has 0 atom stereocenters. The van der Waals surface area contributed by atoms with E-state index in [0.717, 1.165) is 11.3 Å². The van der Waals surface area contributed by atoms with Crippen molar-refractivity contribution in [2.24, 2.45) is 0 Å². The lowest BCUT2D eigenvalue weighted by atomic mass is 10.1. The average molecular weight is 498 g/mol. The molecule has 1 amide bonds. The molecule has 1 heterocycles. The lowest BCUT2D eigenvalue weighted by molar-refractivity contribution is -0.119. The number of amides is 1. The molecule has 1 N–H and O–H groups in total. The Morgan fingerprint density at radius 3 is 2.23 bits per heavy atom. The summed E-state index contributed by atoms with van der Waals surface area (Å²) in [5.74, 6) is -2.64. The summed E-state index contributed by atoms with van der Waals surface area (Å²) in [6.07, 6.45) is 0. The van der Waals surface area contributed by atoms with Gasteiger partial charge in [-0.25, -0.2) is 14.4 Å². The molecule has 0 aliphatic carbocycles. The zero-order valence-corrected chi connectivity index (χ0v) is 19.0. The van der Waals surface area contributed by atoms with Gasteiger partial charge in [-0.15, -0.1) is 11.3 Å². The lowest BCUT2D eigenvalue weighted by Gasteiger charge is -2.08. The number of hydrogen-bond donors (Lipinski definition) is 1. The minimum absolute atomic E-state index is 0.0652. The van der Waals surface area contributed by atoms with Crippen molar-refractivity contribution in [3.63, 3.8) is 0 Å². The highest BCUT2D eigenvalue weighted by Crippen LogP contribution is 2.34. The third kappa shape index (κ3) is 5.67. The van der Waals surface area contributed by atoms with Gasteiger partial charge in [0.2, 0.25) is 0 Å². The Bertz CT molecular complexity index is 970. The Hall–Kier alpha value is -2.72. The second-order valence-corrected chi connectivity index (χ2v) is 7.68. The van der Waals surface area contributed by atoms with Gasteiger partial charge in [0.1, 0.15) is 9.88 Å². The Morgan fingerprint density at radius 1 is 0.967 bits per heavy atom. The van der Waals surface area contributed by atoms with Crippen LogP contribution < -0.4 is 5.32 Å². The van der Waals surface area contributed by atoms with Gasteiger partial charge in [-0.3, -0.25) is 4.79 Å². The maximum atomic E-state index is 12.3. The molecule has 0 radical (unpaired) electrons. The zero-order chi connectivity index (χ0) is 22.3. The largest absolute Gasteiger partial charge is 0.462 e. The van der Waals surface area contributed by atoms with Gasteiger partial charge in [0.05, 0.1) is 24.3 Å². The number of thiophene rings is 1. The van der Waals surface area contributed by atoms with Crippen molar-refractivity contribution in [3.05, 3.63) is 50.3 Å². The molecule has 1 aromatic heterocycles. The quantitative estimate of drug-likeness (QED) is 0.434. The van der Waals surface area contributed by atoms with E-state index in [1.54, 1.807) is 45.0 Å². The van der Waals surface area contributed by atoms with Crippen LogP contribution in [0.5, 0.6) is 0 Å². The minimum Gasteiger partial charge on any atom is -0.462 e. The smallest absolute Gasteiger partial charge is 0.348 e. The summed E-state index contributed by atoms with van der Waals surface area (Å²) in [7, 11) is 0. The number of esters is 3. The molecule has 1 aromatic carbocycles. The molecule has 10 heteroatoms. The molecule has 0 spiro atoms. The van der Waals surface area contributed by atoms with Gasteiger partial charge >= 0.3 is 17.9 Å². The monoisotopic (exact) mass is 497 g/mol. The number of halogens is 1. The number of anilines is 1. The first-order valence-electron chi connectivity index (χ1n) is 8.99. The maximum Gasteiger partial charge on any atom is 0.348 e. The van der Waals surface area contributed by atoms with Crippen LogP contribution in [0.25, 0.3) is 0 Å². The summed E-state index contributed by atoms with van der Waals surface area (Å²) >= 11 is 4.13. The number of carbonyl (C=O) groups is 4. The summed E-state index contributed by atoms with van der Waals surface area (Å²) < 4.78 is 15.6. The van der Waals surface area contributed by atoms with E-state index in [-0.39, 0.29) is 34.2 Å². The van der Waals surface area contributed by atoms with Crippen LogP contribution in [-0.2, 0) is 19.0 Å². The molecule has 160 valence electrons. The van der Waals surface area contributed by atoms with E-state index >= 15 is 0 Å². The third-order valence-corrected chi connectivity index (χ3v) is 5.65. The zero-order valence-electron chi connectivity index (χ0n) is 16.6. The predicted molar refractivity (Wildman–Crippen MR) is 114 cm³/mol. The highest BCUT2D eigenvalue weighted by Gasteiger charge is 2.27. The van der Waals surface area contributed by atoms with Gasteiger partial charge < -0.3 is 19.5 Å². The van der Waals surface area contributed by atoms with Gasteiger partial charge in [-0.2, -0.15) is 0 Å². The Kier molecular flexibility index (Phi) is 8.55. The van der Waals surface area contributed by atoms with Crippen LogP contribution in [0.4, 0.5) is 5.00 Å². The van der Waals surface area contributed by atoms with Gasteiger partial charge in [-0.05, 0) is 54.4 Å². The first kappa shape index (κ1) is 23.6. The van der Waals surface area contributed by atoms with E-state index < -0.39 is 30.4 Å². The molecule has 0 saturated carbocycles. The van der Waals surface area contributed by atoms with E-state index in [4.69, 9.17) is 14.2 Å². The van der Waals surface area contributed by atoms with E-state index in [1.165, 1.54) is 0 Å². The normalized spacial score (nSPS) is 10.3. The van der Waals surface area contributed by atoms with Crippen molar-refractivity contribution in [2.45, 2.75) is 20.8 Å². The number of carbonyl (C=O) groups excluding carboxylic acids is 4. The first-order valence-corrected chi connectivity index (χ1v) is 10.6. The molecule has 2 rings (SSSR count). The van der Waals surface area contributed by atoms with E-state index in [9.17, 15) is 19.2 Å². The van der Waals surface area contributed by atoms with Crippen molar-refractivity contribution in [1.29, 1.82) is 0 Å². The second-order valence-electron chi connectivity index (χ2n) is 5.81. The topological polar surface area (TPSA) is 108 Å². The maximum absolute atomic E-state index is 12.3. The summed E-state index contributed by atoms with van der Waals surface area (Å²) in [5, 5.41) is 2.63. The molecule has 30 heavy (non-hydrogen) atoms. The molecule has 0 bridgehead atoms. The van der Waals surface area contributed by atoms with E-state index in [0.29, 0.717) is 10.0 Å². The molecule has 2 aromatic rings. The molecule has 0 aliphatic rings. The molecule has 0 saturated heterocycles. The van der Waals surface area contributed by atoms with Gasteiger partial charge in [-0.1, -0.05) is 12.1 Å². The third-order valence-electron chi connectivity index (χ3n) is 3.77. The summed E-state index contributed by atoms with van der Waals surface area (Å²) in [5.41, 5.74) is 0.682. The summed E-state index contributed by atoms with van der Waals surface area (Å²) in [4.78, 5) is 49.1. The Morgan fingerprint density at radius 2 is 1.60 bits per heavy atom. The van der Waals surface area contributed by atoms with Crippen LogP contribution in [-0.4, -0.2) is 43.6 Å². The fourth-order valence-corrected chi connectivity index (χ4v) is 3.99. The van der Waals surface area contributed by atoms with E-state index in [1.807, 2.05) is 0 Å². The van der Waals surface area contributed by atoms with Crippen molar-refractivity contribution in [1.82, 2.24) is 0 Å². The van der Waals surface area contributed by atoms with Crippen LogP contribution in [0.1, 0.15) is 49.8 Å². The Balaban J connectivity index is 2.17. The van der Waals surface area contributed by atoms with Gasteiger partial charge in [0.25, 0.3) is 5.91 Å². The van der Waals surface area contributed by atoms with Gasteiger partial charge in [0, 0.05) is 4.47 Å². The number of benzene rings is 1. The highest BCUT2D eigenvalue weighted by molar-refractivity contribution is 9.10. The average Bonchev–Trinajstić information content (AvgIpc) is 3.02. The summed E-state index contributed by atoms with van der Waals surface area (Å²) in [6, 6.07) is 6.63. The number of hydrogen-bond acceptors (Lipinski definition) is 8. The van der Waals surface area contributed by atoms with Crippen molar-refractivity contribution in [2.75, 3.05) is 25.1 Å². The lowest BCUT2D eigenvalue weighted by Crippen LogP contribution is -2.22. The van der Waals surface area contributed by atoms with Crippen LogP contribution in [0.3, 0.4) is 0 Å². The number of nitrogens with one attached hydrogen (secondary N) is 1. The van der Waals surface area contributed by atoms with Crippen molar-refractivity contribution >= 4 is 56.1 Å². The molecule has 0 fully saturated rings. The van der Waals surface area contributed by atoms with E-state index in [2.05, 4.69) is 21.2 Å². The molecular formula is C20H20BrNO7S. The second kappa shape index (κ2) is 10.9.